The molecule has 49 valence electrons. The molecule has 0 bridgehead atoms. The summed E-state index contributed by atoms with van der Waals surface area (Å²) in [6.07, 6.45) is 0. The van der Waals surface area contributed by atoms with E-state index in [-0.39, 0.29) is 41.4 Å². The third-order valence-electron chi connectivity index (χ3n) is 1.18. The van der Waals surface area contributed by atoms with Gasteiger partial charge in [-0.3, -0.25) is 4.79 Å². The maximum Gasteiger partial charge on any atom is 0.159 e. The summed E-state index contributed by atoms with van der Waals surface area (Å²) in [5, 5.41) is 0. The van der Waals surface area contributed by atoms with Crippen LogP contribution in [0.4, 0.5) is 0 Å². The Hall–Kier alpha value is 0.0848. The van der Waals surface area contributed by atoms with Crippen molar-refractivity contribution in [2.24, 2.45) is 0 Å². The largest absolute Gasteiger partial charge is 0.295 e. The second kappa shape index (κ2) is 4.83. The third-order valence-corrected chi connectivity index (χ3v) is 1.18. The van der Waals surface area contributed by atoms with Crippen LogP contribution >= 0.6 is 0 Å². The SMILES string of the molecule is CC(=O)c1ccccc1.[La]. The van der Waals surface area contributed by atoms with Crippen LogP contribution in [-0.4, -0.2) is 5.78 Å². The summed E-state index contributed by atoms with van der Waals surface area (Å²) < 4.78 is 0. The zero-order valence-electron chi connectivity index (χ0n) is 5.87. The first-order valence-corrected chi connectivity index (χ1v) is 2.86. The van der Waals surface area contributed by atoms with Crippen LogP contribution in [0.15, 0.2) is 30.3 Å². The van der Waals surface area contributed by atoms with E-state index in [9.17, 15) is 4.79 Å². The molecule has 0 atom stereocenters. The van der Waals surface area contributed by atoms with Gasteiger partial charge < -0.3 is 0 Å². The van der Waals surface area contributed by atoms with Gasteiger partial charge >= 0.3 is 0 Å². The predicted octanol–water partition coefficient (Wildman–Crippen LogP) is 1.89. The van der Waals surface area contributed by atoms with Crippen molar-refractivity contribution in [3.05, 3.63) is 35.9 Å². The van der Waals surface area contributed by atoms with Gasteiger partial charge in [0.05, 0.1) is 0 Å². The van der Waals surface area contributed by atoms with Crippen LogP contribution in [0.25, 0.3) is 0 Å². The molecule has 1 aromatic rings. The van der Waals surface area contributed by atoms with Crippen molar-refractivity contribution in [1.29, 1.82) is 0 Å². The Balaban J connectivity index is 0.000000810. The molecule has 0 amide bonds. The molecule has 0 spiro atoms. The molecule has 0 aromatic heterocycles. The number of hydrogen-bond acceptors (Lipinski definition) is 1. The van der Waals surface area contributed by atoms with E-state index in [1.54, 1.807) is 6.92 Å². The average Bonchev–Trinajstić information content (AvgIpc) is 1.90. The van der Waals surface area contributed by atoms with Crippen molar-refractivity contribution in [2.45, 2.75) is 6.92 Å². The minimum Gasteiger partial charge on any atom is -0.295 e. The number of rotatable bonds is 1. The van der Waals surface area contributed by atoms with Gasteiger partial charge in [-0.2, -0.15) is 0 Å². The van der Waals surface area contributed by atoms with Crippen molar-refractivity contribution in [3.8, 4) is 0 Å². The summed E-state index contributed by atoms with van der Waals surface area (Å²) in [4.78, 5) is 10.6. The fourth-order valence-electron chi connectivity index (χ4n) is 0.673. The molecule has 0 saturated carbocycles. The maximum atomic E-state index is 10.6. The van der Waals surface area contributed by atoms with Crippen molar-refractivity contribution in [3.63, 3.8) is 0 Å². The minimum absolute atomic E-state index is 0. The molecule has 1 rings (SSSR count). The number of hydrogen-bond donors (Lipinski definition) is 0. The molecule has 0 N–H and O–H groups in total. The second-order valence-electron chi connectivity index (χ2n) is 1.92. The number of carbonyl (C=O) groups excluding carboxylic acids is 1. The third kappa shape index (κ3) is 2.78. The first-order chi connectivity index (χ1) is 4.30. The number of ketones is 1. The van der Waals surface area contributed by atoms with Gasteiger partial charge in [0.15, 0.2) is 5.78 Å². The molecule has 0 aliphatic carbocycles. The van der Waals surface area contributed by atoms with E-state index in [0.29, 0.717) is 0 Å². The monoisotopic (exact) mass is 259 g/mol. The molecular formula is C8H8LaO. The van der Waals surface area contributed by atoms with Crippen LogP contribution in [-0.2, 0) is 0 Å². The summed E-state index contributed by atoms with van der Waals surface area (Å²) >= 11 is 0. The molecule has 0 heterocycles. The van der Waals surface area contributed by atoms with Gasteiger partial charge in [-0.25, -0.2) is 0 Å². The molecule has 0 aliphatic rings. The van der Waals surface area contributed by atoms with Gasteiger partial charge in [0.2, 0.25) is 0 Å². The van der Waals surface area contributed by atoms with Gasteiger partial charge in [0.25, 0.3) is 0 Å². The van der Waals surface area contributed by atoms with Crippen LogP contribution in [0.3, 0.4) is 0 Å². The first kappa shape index (κ1) is 10.1. The van der Waals surface area contributed by atoms with Gasteiger partial charge in [-0.1, -0.05) is 30.3 Å². The van der Waals surface area contributed by atoms with Gasteiger partial charge in [0.1, 0.15) is 0 Å². The van der Waals surface area contributed by atoms with Crippen LogP contribution < -0.4 is 0 Å². The predicted molar refractivity (Wildman–Crippen MR) is 36.4 cm³/mol. The minimum atomic E-state index is 0. The molecule has 2 heteroatoms. The molecule has 0 unspecified atom stereocenters. The fourth-order valence-corrected chi connectivity index (χ4v) is 0.673. The Bertz CT molecular complexity index is 206. The number of benzene rings is 1. The van der Waals surface area contributed by atoms with Crippen molar-refractivity contribution < 1.29 is 40.4 Å². The number of Topliss-reactive ketones (excluding diaryl/α,β-unsaturated/α-hetero) is 1. The van der Waals surface area contributed by atoms with Gasteiger partial charge in [-0.05, 0) is 6.92 Å². The van der Waals surface area contributed by atoms with Crippen LogP contribution in [0.1, 0.15) is 17.3 Å². The Morgan fingerprint density at radius 3 is 2.00 bits per heavy atom. The summed E-state index contributed by atoms with van der Waals surface area (Å²) in [5.41, 5.74) is 0.775. The van der Waals surface area contributed by atoms with Crippen molar-refractivity contribution >= 4 is 5.78 Å². The Morgan fingerprint density at radius 1 is 1.20 bits per heavy atom. The van der Waals surface area contributed by atoms with Crippen LogP contribution in [0, 0.1) is 35.6 Å². The van der Waals surface area contributed by atoms with Crippen LogP contribution in [0.5, 0.6) is 0 Å². The van der Waals surface area contributed by atoms with E-state index >= 15 is 0 Å². The molecule has 0 aliphatic heterocycles. The second-order valence-corrected chi connectivity index (χ2v) is 1.92. The zero-order valence-corrected chi connectivity index (χ0v) is 9.50. The Labute approximate surface area is 88.4 Å². The molecule has 1 aromatic carbocycles. The van der Waals surface area contributed by atoms with E-state index in [2.05, 4.69) is 0 Å². The summed E-state index contributed by atoms with van der Waals surface area (Å²) in [6.45, 7) is 1.56. The molecule has 1 radical (unpaired) electrons. The summed E-state index contributed by atoms with van der Waals surface area (Å²) in [6, 6.07) is 9.23. The van der Waals surface area contributed by atoms with E-state index in [1.807, 2.05) is 30.3 Å². The maximum absolute atomic E-state index is 10.6. The Kier molecular flexibility index (Phi) is 4.87. The van der Waals surface area contributed by atoms with Crippen molar-refractivity contribution in [2.75, 3.05) is 0 Å². The van der Waals surface area contributed by atoms with E-state index in [0.717, 1.165) is 5.56 Å². The molecule has 10 heavy (non-hydrogen) atoms. The van der Waals surface area contributed by atoms with E-state index < -0.39 is 0 Å². The van der Waals surface area contributed by atoms with Crippen molar-refractivity contribution in [1.82, 2.24) is 0 Å². The standard InChI is InChI=1S/C8H8O.La/c1-7(9)8-5-3-2-4-6-8;/h2-6H,1H3;. The zero-order chi connectivity index (χ0) is 6.69. The fraction of sp³-hybridized carbons (Fsp3) is 0.125. The molecule has 0 fully saturated rings. The number of carbonyl (C=O) groups is 1. The van der Waals surface area contributed by atoms with Gasteiger partial charge in [0, 0.05) is 41.2 Å². The molecule has 0 saturated heterocycles. The molecule has 1 nitrogen and oxygen atoms in total. The average molecular weight is 259 g/mol. The Morgan fingerprint density at radius 2 is 1.70 bits per heavy atom. The van der Waals surface area contributed by atoms with Crippen LogP contribution in [0.2, 0.25) is 0 Å². The topological polar surface area (TPSA) is 17.1 Å². The molecular weight excluding hydrogens is 251 g/mol. The first-order valence-electron chi connectivity index (χ1n) is 2.86. The van der Waals surface area contributed by atoms with E-state index in [4.69, 9.17) is 0 Å². The normalized spacial score (nSPS) is 8.10. The summed E-state index contributed by atoms with van der Waals surface area (Å²) in [7, 11) is 0. The summed E-state index contributed by atoms with van der Waals surface area (Å²) in [5.74, 6) is 0.121. The van der Waals surface area contributed by atoms with E-state index in [1.165, 1.54) is 0 Å². The smallest absolute Gasteiger partial charge is 0.159 e. The van der Waals surface area contributed by atoms with Gasteiger partial charge in [-0.15, -0.1) is 0 Å². The quantitative estimate of drug-likeness (QED) is 0.704.